The van der Waals surface area contributed by atoms with Crippen LogP contribution in [-0.2, 0) is 15.4 Å². The van der Waals surface area contributed by atoms with E-state index in [1.165, 1.54) is 25.2 Å². The maximum atomic E-state index is 13.1. The Morgan fingerprint density at radius 2 is 1.76 bits per heavy atom. The SMILES string of the molecule is COc1cccc(Oc2c(NS(=O)(=O)c3ccc(C(C)(C)C)cc3)ncnc2SCCO)c1. The molecule has 0 atom stereocenters. The maximum Gasteiger partial charge on any atom is 0.263 e. The van der Waals surface area contributed by atoms with Crippen molar-refractivity contribution >= 4 is 27.6 Å². The van der Waals surface area contributed by atoms with E-state index in [2.05, 4.69) is 35.5 Å². The summed E-state index contributed by atoms with van der Waals surface area (Å²) < 4.78 is 39.9. The molecule has 0 saturated heterocycles. The molecule has 3 aromatic rings. The molecule has 0 spiro atoms. The zero-order valence-corrected chi connectivity index (χ0v) is 20.5. The second-order valence-corrected chi connectivity index (χ2v) is 10.9. The molecule has 8 nitrogen and oxygen atoms in total. The normalized spacial score (nSPS) is 11.8. The van der Waals surface area contributed by atoms with Crippen molar-refractivity contribution in [1.82, 2.24) is 9.97 Å². The quantitative estimate of drug-likeness (QED) is 0.335. The summed E-state index contributed by atoms with van der Waals surface area (Å²) in [6.45, 7) is 6.10. The molecule has 0 fully saturated rings. The number of hydrogen-bond acceptors (Lipinski definition) is 8. The van der Waals surface area contributed by atoms with Crippen molar-refractivity contribution in [3.05, 3.63) is 60.4 Å². The molecule has 0 aliphatic rings. The Morgan fingerprint density at radius 3 is 2.39 bits per heavy atom. The summed E-state index contributed by atoms with van der Waals surface area (Å²) in [7, 11) is -2.40. The topological polar surface area (TPSA) is 111 Å². The fourth-order valence-corrected chi connectivity index (χ4v) is 4.56. The molecule has 0 aliphatic heterocycles. The van der Waals surface area contributed by atoms with E-state index in [-0.39, 0.29) is 28.5 Å². The van der Waals surface area contributed by atoms with Gasteiger partial charge < -0.3 is 14.6 Å². The highest BCUT2D eigenvalue weighted by atomic mass is 32.2. The van der Waals surface area contributed by atoms with Gasteiger partial charge in [-0.15, -0.1) is 11.8 Å². The summed E-state index contributed by atoms with van der Waals surface area (Å²) in [5.41, 5.74) is 0.923. The number of anilines is 1. The molecule has 3 rings (SSSR count). The van der Waals surface area contributed by atoms with Crippen molar-refractivity contribution in [1.29, 1.82) is 0 Å². The van der Waals surface area contributed by atoms with Gasteiger partial charge in [0, 0.05) is 11.8 Å². The highest BCUT2D eigenvalue weighted by molar-refractivity contribution is 7.99. The van der Waals surface area contributed by atoms with Gasteiger partial charge in [0.25, 0.3) is 10.0 Å². The number of nitrogens with one attached hydrogen (secondary N) is 1. The lowest BCUT2D eigenvalue weighted by molar-refractivity contribution is 0.322. The lowest BCUT2D eigenvalue weighted by Gasteiger charge is -2.19. The van der Waals surface area contributed by atoms with E-state index in [1.807, 2.05) is 0 Å². The molecular weight excluding hydrogens is 462 g/mol. The van der Waals surface area contributed by atoms with Crippen molar-refractivity contribution < 1.29 is 23.0 Å². The number of hydrogen-bond donors (Lipinski definition) is 2. The van der Waals surface area contributed by atoms with Crippen molar-refractivity contribution in [2.75, 3.05) is 24.2 Å². The van der Waals surface area contributed by atoms with Crippen LogP contribution in [0.15, 0.2) is 64.8 Å². The fraction of sp³-hybridized carbons (Fsp3) is 0.304. The molecule has 0 aliphatic carbocycles. The van der Waals surface area contributed by atoms with Gasteiger partial charge in [0.15, 0.2) is 5.82 Å². The predicted molar refractivity (Wildman–Crippen MR) is 129 cm³/mol. The Balaban J connectivity index is 1.97. The van der Waals surface area contributed by atoms with Crippen LogP contribution in [0.2, 0.25) is 0 Å². The minimum Gasteiger partial charge on any atom is -0.497 e. The molecule has 1 heterocycles. The average Bonchev–Trinajstić information content (AvgIpc) is 2.78. The largest absolute Gasteiger partial charge is 0.497 e. The molecule has 0 amide bonds. The van der Waals surface area contributed by atoms with Gasteiger partial charge in [0.1, 0.15) is 22.9 Å². The van der Waals surface area contributed by atoms with Crippen LogP contribution in [0.4, 0.5) is 5.82 Å². The van der Waals surface area contributed by atoms with Crippen LogP contribution >= 0.6 is 11.8 Å². The third kappa shape index (κ3) is 6.37. The summed E-state index contributed by atoms with van der Waals surface area (Å²) in [4.78, 5) is 8.43. The smallest absolute Gasteiger partial charge is 0.263 e. The number of sulfonamides is 1. The lowest BCUT2D eigenvalue weighted by atomic mass is 9.87. The number of aliphatic hydroxyl groups is 1. The van der Waals surface area contributed by atoms with E-state index >= 15 is 0 Å². The number of nitrogens with zero attached hydrogens (tertiary/aromatic N) is 2. The number of ether oxygens (including phenoxy) is 2. The number of aromatic nitrogens is 2. The van der Waals surface area contributed by atoms with Crippen LogP contribution in [0.3, 0.4) is 0 Å². The third-order valence-corrected chi connectivity index (χ3v) is 6.93. The number of aliphatic hydroxyl groups excluding tert-OH is 1. The zero-order valence-electron chi connectivity index (χ0n) is 18.9. The third-order valence-electron chi connectivity index (χ3n) is 4.62. The van der Waals surface area contributed by atoms with Gasteiger partial charge in [-0.05, 0) is 35.2 Å². The molecule has 2 N–H and O–H groups in total. The zero-order chi connectivity index (χ0) is 24.1. The molecule has 0 unspecified atom stereocenters. The Bertz CT molecular complexity index is 1190. The Morgan fingerprint density at radius 1 is 1.06 bits per heavy atom. The van der Waals surface area contributed by atoms with Gasteiger partial charge >= 0.3 is 0 Å². The highest BCUT2D eigenvalue weighted by Gasteiger charge is 2.22. The van der Waals surface area contributed by atoms with Crippen molar-refractivity contribution in [3.8, 4) is 17.2 Å². The molecular formula is C23H27N3O5S2. The number of benzene rings is 2. The fourth-order valence-electron chi connectivity index (χ4n) is 2.87. The Hall–Kier alpha value is -2.82. The summed E-state index contributed by atoms with van der Waals surface area (Å²) in [6.07, 6.45) is 1.25. The molecule has 176 valence electrons. The van der Waals surface area contributed by atoms with E-state index in [4.69, 9.17) is 9.47 Å². The lowest BCUT2D eigenvalue weighted by Crippen LogP contribution is -2.16. The first kappa shape index (κ1) is 24.8. The number of rotatable bonds is 9. The first-order valence-corrected chi connectivity index (χ1v) is 12.6. The van der Waals surface area contributed by atoms with E-state index in [9.17, 15) is 13.5 Å². The molecule has 2 aromatic carbocycles. The summed E-state index contributed by atoms with van der Waals surface area (Å²) in [5, 5.41) is 9.62. The molecule has 1 aromatic heterocycles. The minimum atomic E-state index is -3.94. The second-order valence-electron chi connectivity index (χ2n) is 8.09. The summed E-state index contributed by atoms with van der Waals surface area (Å²) in [5.74, 6) is 1.48. The van der Waals surface area contributed by atoms with Gasteiger partial charge in [-0.2, -0.15) is 0 Å². The molecule has 0 bridgehead atoms. The molecule has 10 heteroatoms. The second kappa shape index (κ2) is 10.4. The maximum absolute atomic E-state index is 13.1. The van der Waals surface area contributed by atoms with Crippen LogP contribution in [0.25, 0.3) is 0 Å². The highest BCUT2D eigenvalue weighted by Crippen LogP contribution is 2.38. The molecule has 0 radical (unpaired) electrons. The van der Waals surface area contributed by atoms with Crippen LogP contribution in [-0.4, -0.2) is 43.0 Å². The monoisotopic (exact) mass is 489 g/mol. The van der Waals surface area contributed by atoms with Crippen molar-refractivity contribution in [2.45, 2.75) is 36.1 Å². The Kier molecular flexibility index (Phi) is 7.83. The van der Waals surface area contributed by atoms with Gasteiger partial charge in [-0.25, -0.2) is 18.4 Å². The number of methoxy groups -OCH3 is 1. The van der Waals surface area contributed by atoms with Gasteiger partial charge in [-0.1, -0.05) is 39.0 Å². The Labute approximate surface area is 198 Å². The standard InChI is InChI=1S/C23H27N3O5S2/c1-23(2,3)16-8-10-19(11-9-16)33(28,29)26-21-20(22(25-15-24-21)32-13-12-27)31-18-7-5-6-17(14-18)30-4/h5-11,14-15,27H,12-13H2,1-4H3,(H,24,25,26). The van der Waals surface area contributed by atoms with E-state index in [1.54, 1.807) is 48.5 Å². The first-order valence-electron chi connectivity index (χ1n) is 10.2. The van der Waals surface area contributed by atoms with Gasteiger partial charge in [-0.3, -0.25) is 4.72 Å². The molecule has 33 heavy (non-hydrogen) atoms. The van der Waals surface area contributed by atoms with E-state index in [0.29, 0.717) is 22.3 Å². The van der Waals surface area contributed by atoms with Crippen LogP contribution in [0.1, 0.15) is 26.3 Å². The van der Waals surface area contributed by atoms with Crippen molar-refractivity contribution in [2.24, 2.45) is 0 Å². The minimum absolute atomic E-state index is 0.00634. The van der Waals surface area contributed by atoms with Crippen LogP contribution < -0.4 is 14.2 Å². The average molecular weight is 490 g/mol. The van der Waals surface area contributed by atoms with Gasteiger partial charge in [0.2, 0.25) is 5.75 Å². The van der Waals surface area contributed by atoms with E-state index in [0.717, 1.165) is 5.56 Å². The van der Waals surface area contributed by atoms with Gasteiger partial charge in [0.05, 0.1) is 18.6 Å². The van der Waals surface area contributed by atoms with E-state index < -0.39 is 10.0 Å². The number of thioether (sulfide) groups is 1. The van der Waals surface area contributed by atoms with Crippen LogP contribution in [0, 0.1) is 0 Å². The van der Waals surface area contributed by atoms with Crippen molar-refractivity contribution in [3.63, 3.8) is 0 Å². The summed E-state index contributed by atoms with van der Waals surface area (Å²) in [6, 6.07) is 13.6. The first-order chi connectivity index (χ1) is 15.6. The molecule has 0 saturated carbocycles. The summed E-state index contributed by atoms with van der Waals surface area (Å²) >= 11 is 1.22. The predicted octanol–water partition coefficient (Wildman–Crippen LogP) is 4.46. The van der Waals surface area contributed by atoms with Crippen LogP contribution in [0.5, 0.6) is 17.2 Å².